The highest BCUT2D eigenvalue weighted by atomic mass is 32.2. The van der Waals surface area contributed by atoms with Crippen LogP contribution in [0.25, 0.3) is 23.0 Å². The molecular weight excluding hydrogens is 474 g/mol. The van der Waals surface area contributed by atoms with Crippen LogP contribution < -0.4 is 4.74 Å². The first-order valence-electron chi connectivity index (χ1n) is 12.3. The minimum absolute atomic E-state index is 0.0185. The lowest BCUT2D eigenvalue weighted by atomic mass is 10.1. The highest BCUT2D eigenvalue weighted by molar-refractivity contribution is 8.26. The maximum absolute atomic E-state index is 13.3. The van der Waals surface area contributed by atoms with E-state index in [4.69, 9.17) is 22.1 Å². The molecule has 0 N–H and O–H groups in total. The van der Waals surface area contributed by atoms with Crippen LogP contribution in [-0.2, 0) is 4.79 Å². The highest BCUT2D eigenvalue weighted by Crippen LogP contribution is 2.39. The summed E-state index contributed by atoms with van der Waals surface area (Å²) in [6.45, 7) is 2.87. The number of hydrogen-bond donors (Lipinski definition) is 0. The van der Waals surface area contributed by atoms with E-state index < -0.39 is 0 Å². The lowest BCUT2D eigenvalue weighted by Crippen LogP contribution is -2.36. The van der Waals surface area contributed by atoms with E-state index in [1.165, 1.54) is 11.8 Å². The van der Waals surface area contributed by atoms with Gasteiger partial charge in [-0.05, 0) is 61.7 Å². The summed E-state index contributed by atoms with van der Waals surface area (Å²) in [7, 11) is 0. The Morgan fingerprint density at radius 2 is 1.86 bits per heavy atom. The summed E-state index contributed by atoms with van der Waals surface area (Å²) < 4.78 is 8.36. The van der Waals surface area contributed by atoms with Crippen LogP contribution in [0.4, 0.5) is 0 Å². The van der Waals surface area contributed by atoms with Crippen molar-refractivity contribution in [1.82, 2.24) is 14.7 Å². The molecule has 2 heterocycles. The van der Waals surface area contributed by atoms with Crippen LogP contribution in [0.1, 0.15) is 51.0 Å². The number of para-hydroxylation sites is 1. The third-order valence-corrected chi connectivity index (χ3v) is 7.79. The van der Waals surface area contributed by atoms with Gasteiger partial charge in [-0.3, -0.25) is 9.69 Å². The van der Waals surface area contributed by atoms with Gasteiger partial charge in [0, 0.05) is 23.4 Å². The maximum Gasteiger partial charge on any atom is 0.266 e. The third-order valence-electron chi connectivity index (χ3n) is 6.46. The van der Waals surface area contributed by atoms with Crippen LogP contribution >= 0.6 is 24.0 Å². The van der Waals surface area contributed by atoms with Crippen molar-refractivity contribution in [2.24, 2.45) is 0 Å². The van der Waals surface area contributed by atoms with Gasteiger partial charge in [-0.25, -0.2) is 4.68 Å². The first kappa shape index (κ1) is 23.8. The molecule has 0 spiro atoms. The fourth-order valence-corrected chi connectivity index (χ4v) is 5.96. The van der Waals surface area contributed by atoms with Crippen LogP contribution in [0.5, 0.6) is 5.75 Å². The number of carbonyl (C=O) groups excluding carboxylic acids is 1. The Labute approximate surface area is 216 Å². The van der Waals surface area contributed by atoms with Gasteiger partial charge >= 0.3 is 0 Å². The monoisotopic (exact) mass is 503 g/mol. The largest absolute Gasteiger partial charge is 0.494 e. The molecular formula is C28H29N3O2S2. The Hall–Kier alpha value is -2.90. The number of ether oxygens (including phenoxy) is 1. The molecule has 5 rings (SSSR count). The standard InChI is InChI=1S/C28H29N3O2S2/c1-2-3-17-33-24-15-13-20(14-16-24)26-21(19-30(29-26)22-9-5-4-6-10-22)18-25-27(32)31(28(34)35-25)23-11-7-8-12-23/h4-6,9-10,13-16,18-19,23H,2-3,7-8,11-12,17H2,1H3/b25-18-. The second kappa shape index (κ2) is 10.8. The van der Waals surface area contributed by atoms with E-state index in [1.54, 1.807) is 0 Å². The van der Waals surface area contributed by atoms with E-state index in [0.717, 1.165) is 66.8 Å². The quantitative estimate of drug-likeness (QED) is 0.191. The van der Waals surface area contributed by atoms with Crippen molar-refractivity contribution in [2.45, 2.75) is 51.5 Å². The average molecular weight is 504 g/mol. The number of hydrogen-bond acceptors (Lipinski definition) is 5. The van der Waals surface area contributed by atoms with Crippen molar-refractivity contribution < 1.29 is 9.53 Å². The number of thiocarbonyl (C=S) groups is 1. The SMILES string of the molecule is CCCCOc1ccc(-c2nn(-c3ccccc3)cc2/C=C2\SC(=S)N(C3CCCC3)C2=O)cc1. The van der Waals surface area contributed by atoms with Crippen molar-refractivity contribution in [3.8, 4) is 22.7 Å². The number of amides is 1. The number of benzene rings is 2. The minimum Gasteiger partial charge on any atom is -0.494 e. The van der Waals surface area contributed by atoms with Crippen LogP contribution in [0, 0.1) is 0 Å². The molecule has 0 unspecified atom stereocenters. The molecule has 5 nitrogen and oxygen atoms in total. The number of aromatic nitrogens is 2. The van der Waals surface area contributed by atoms with Gasteiger partial charge < -0.3 is 4.74 Å². The molecule has 1 saturated heterocycles. The zero-order valence-corrected chi connectivity index (χ0v) is 21.5. The molecule has 3 aromatic rings. The Kier molecular flexibility index (Phi) is 7.35. The van der Waals surface area contributed by atoms with Gasteiger partial charge in [0.05, 0.1) is 22.9 Å². The fourth-order valence-electron chi connectivity index (χ4n) is 4.57. The molecule has 1 aliphatic carbocycles. The predicted octanol–water partition coefficient (Wildman–Crippen LogP) is 6.86. The number of rotatable bonds is 8. The van der Waals surface area contributed by atoms with E-state index >= 15 is 0 Å². The molecule has 7 heteroatoms. The van der Waals surface area contributed by atoms with Crippen molar-refractivity contribution in [3.63, 3.8) is 0 Å². The van der Waals surface area contributed by atoms with E-state index in [0.29, 0.717) is 15.8 Å². The molecule has 180 valence electrons. The molecule has 1 amide bonds. The predicted molar refractivity (Wildman–Crippen MR) is 147 cm³/mol. The van der Waals surface area contributed by atoms with E-state index in [2.05, 4.69) is 6.92 Å². The maximum atomic E-state index is 13.3. The van der Waals surface area contributed by atoms with Crippen LogP contribution in [-0.4, -0.2) is 37.6 Å². The lowest BCUT2D eigenvalue weighted by molar-refractivity contribution is -0.123. The third kappa shape index (κ3) is 5.21. The van der Waals surface area contributed by atoms with E-state index in [9.17, 15) is 4.79 Å². The summed E-state index contributed by atoms with van der Waals surface area (Å²) in [4.78, 5) is 15.8. The van der Waals surface area contributed by atoms with E-state index in [1.807, 2.05) is 76.5 Å². The van der Waals surface area contributed by atoms with Gasteiger partial charge in [0.1, 0.15) is 10.1 Å². The van der Waals surface area contributed by atoms with Gasteiger partial charge in [-0.1, -0.05) is 68.4 Å². The Bertz CT molecular complexity index is 1230. The Morgan fingerprint density at radius 3 is 2.57 bits per heavy atom. The van der Waals surface area contributed by atoms with Gasteiger partial charge in [-0.15, -0.1) is 0 Å². The molecule has 1 saturated carbocycles. The average Bonchev–Trinajstić information content (AvgIpc) is 3.61. The molecule has 2 aliphatic rings. The highest BCUT2D eigenvalue weighted by Gasteiger charge is 2.38. The Morgan fingerprint density at radius 1 is 1.11 bits per heavy atom. The van der Waals surface area contributed by atoms with Gasteiger partial charge in [0.25, 0.3) is 5.91 Å². The zero-order valence-electron chi connectivity index (χ0n) is 19.9. The molecule has 2 fully saturated rings. The van der Waals surface area contributed by atoms with E-state index in [-0.39, 0.29) is 11.9 Å². The van der Waals surface area contributed by atoms with Crippen molar-refractivity contribution >= 4 is 40.3 Å². The van der Waals surface area contributed by atoms with Crippen molar-refractivity contribution in [2.75, 3.05) is 6.61 Å². The topological polar surface area (TPSA) is 47.4 Å². The van der Waals surface area contributed by atoms with Crippen LogP contribution in [0.15, 0.2) is 65.7 Å². The fraction of sp³-hybridized carbons (Fsp3) is 0.321. The Balaban J connectivity index is 1.48. The number of thioether (sulfide) groups is 1. The van der Waals surface area contributed by atoms with Crippen molar-refractivity contribution in [1.29, 1.82) is 0 Å². The second-order valence-corrected chi connectivity index (χ2v) is 10.6. The zero-order chi connectivity index (χ0) is 24.2. The normalized spacial score (nSPS) is 17.6. The van der Waals surface area contributed by atoms with Gasteiger partial charge in [0.15, 0.2) is 0 Å². The van der Waals surface area contributed by atoms with Crippen molar-refractivity contribution in [3.05, 3.63) is 71.3 Å². The lowest BCUT2D eigenvalue weighted by Gasteiger charge is -2.21. The molecule has 0 bridgehead atoms. The molecule has 35 heavy (non-hydrogen) atoms. The number of unbranched alkanes of at least 4 members (excludes halogenated alkanes) is 1. The molecule has 0 radical (unpaired) electrons. The summed E-state index contributed by atoms with van der Waals surface area (Å²) in [5.41, 5.74) is 3.65. The summed E-state index contributed by atoms with van der Waals surface area (Å²) in [6.07, 6.45) is 10.4. The number of carbonyl (C=O) groups is 1. The minimum atomic E-state index is 0.0185. The molecule has 0 atom stereocenters. The smallest absolute Gasteiger partial charge is 0.266 e. The summed E-state index contributed by atoms with van der Waals surface area (Å²) in [5, 5.41) is 4.90. The molecule has 2 aromatic carbocycles. The first-order chi connectivity index (χ1) is 17.1. The second-order valence-electron chi connectivity index (χ2n) is 8.93. The van der Waals surface area contributed by atoms with Gasteiger partial charge in [0.2, 0.25) is 0 Å². The number of nitrogens with zero attached hydrogens (tertiary/aromatic N) is 3. The first-order valence-corrected chi connectivity index (χ1v) is 13.5. The summed E-state index contributed by atoms with van der Waals surface area (Å²) in [6, 6.07) is 18.3. The summed E-state index contributed by atoms with van der Waals surface area (Å²) >= 11 is 7.00. The summed E-state index contributed by atoms with van der Waals surface area (Å²) in [5.74, 6) is 0.869. The van der Waals surface area contributed by atoms with Crippen LogP contribution in [0.3, 0.4) is 0 Å². The molecule has 1 aromatic heterocycles. The van der Waals surface area contributed by atoms with Gasteiger partial charge in [-0.2, -0.15) is 5.10 Å². The molecule has 1 aliphatic heterocycles. The van der Waals surface area contributed by atoms with Crippen LogP contribution in [0.2, 0.25) is 0 Å².